The number of carbonyl (C=O) groups is 2. The highest BCUT2D eigenvalue weighted by Crippen LogP contribution is 2.33. The van der Waals surface area contributed by atoms with Crippen LogP contribution in [0.5, 0.6) is 0 Å². The van der Waals surface area contributed by atoms with E-state index in [1.54, 1.807) is 11.3 Å². The molecule has 0 bridgehead atoms. The number of fused-ring (bicyclic) bond motifs is 1. The fraction of sp³-hybridized carbons (Fsp3) is 0.688. The summed E-state index contributed by atoms with van der Waals surface area (Å²) in [5.74, 6) is 0.378. The van der Waals surface area contributed by atoms with Crippen molar-refractivity contribution >= 4 is 28.3 Å². The van der Waals surface area contributed by atoms with Gasteiger partial charge in [-0.1, -0.05) is 27.2 Å². The highest BCUT2D eigenvalue weighted by molar-refractivity contribution is 7.15. The lowest BCUT2D eigenvalue weighted by molar-refractivity contribution is -0.126. The Morgan fingerprint density at radius 1 is 1.41 bits per heavy atom. The summed E-state index contributed by atoms with van der Waals surface area (Å²) in [7, 11) is 0. The standard InChI is InChI=1S/C16H25N3O2S/c1-5-11-6-7-12-13(8-11)22-16(18-12)19-15(21)14(9(2)3)17-10(4)20/h9,11,14H,5-8H2,1-4H3,(H,17,20)(H,18,19,21). The Hall–Kier alpha value is -1.43. The number of hydrogen-bond donors (Lipinski definition) is 2. The predicted molar refractivity (Wildman–Crippen MR) is 89.0 cm³/mol. The van der Waals surface area contributed by atoms with E-state index in [0.29, 0.717) is 5.13 Å². The van der Waals surface area contributed by atoms with Crippen molar-refractivity contribution in [2.24, 2.45) is 11.8 Å². The second kappa shape index (κ2) is 7.22. The van der Waals surface area contributed by atoms with E-state index in [4.69, 9.17) is 0 Å². The minimum atomic E-state index is -0.526. The molecular weight excluding hydrogens is 298 g/mol. The molecule has 0 saturated heterocycles. The quantitative estimate of drug-likeness (QED) is 0.875. The molecule has 5 nitrogen and oxygen atoms in total. The van der Waals surface area contributed by atoms with Crippen LogP contribution in [0, 0.1) is 11.8 Å². The molecule has 6 heteroatoms. The first kappa shape index (κ1) is 16.9. The minimum absolute atomic E-state index is 0.0305. The molecule has 0 saturated carbocycles. The summed E-state index contributed by atoms with van der Waals surface area (Å²) in [4.78, 5) is 29.5. The summed E-state index contributed by atoms with van der Waals surface area (Å²) in [5, 5.41) is 6.23. The molecule has 2 N–H and O–H groups in total. The summed E-state index contributed by atoms with van der Waals surface area (Å²) in [6, 6.07) is -0.526. The first-order chi connectivity index (χ1) is 10.4. The van der Waals surface area contributed by atoms with Crippen LogP contribution in [0.2, 0.25) is 0 Å². The van der Waals surface area contributed by atoms with Crippen molar-refractivity contribution in [1.82, 2.24) is 10.3 Å². The Morgan fingerprint density at radius 2 is 2.14 bits per heavy atom. The van der Waals surface area contributed by atoms with Crippen molar-refractivity contribution in [2.45, 2.75) is 59.4 Å². The van der Waals surface area contributed by atoms with Gasteiger partial charge < -0.3 is 10.6 Å². The average molecular weight is 323 g/mol. The molecule has 1 aromatic heterocycles. The van der Waals surface area contributed by atoms with E-state index >= 15 is 0 Å². The summed E-state index contributed by atoms with van der Waals surface area (Å²) in [6.07, 6.45) is 4.44. The van der Waals surface area contributed by atoms with E-state index in [1.807, 2.05) is 13.8 Å². The Labute approximate surface area is 135 Å². The van der Waals surface area contributed by atoms with Crippen molar-refractivity contribution < 1.29 is 9.59 Å². The Bertz CT molecular complexity index is 554. The number of amides is 2. The van der Waals surface area contributed by atoms with Gasteiger partial charge in [-0.2, -0.15) is 0 Å². The van der Waals surface area contributed by atoms with Crippen LogP contribution in [0.4, 0.5) is 5.13 Å². The summed E-state index contributed by atoms with van der Waals surface area (Å²) >= 11 is 1.58. The van der Waals surface area contributed by atoms with Gasteiger partial charge in [-0.3, -0.25) is 9.59 Å². The van der Waals surface area contributed by atoms with Gasteiger partial charge in [0, 0.05) is 11.8 Å². The Balaban J connectivity index is 2.05. The van der Waals surface area contributed by atoms with Crippen LogP contribution in [0.25, 0.3) is 0 Å². The lowest BCUT2D eigenvalue weighted by atomic mass is 9.89. The van der Waals surface area contributed by atoms with Crippen molar-refractivity contribution in [2.75, 3.05) is 5.32 Å². The summed E-state index contributed by atoms with van der Waals surface area (Å²) < 4.78 is 0. The second-order valence-electron chi connectivity index (χ2n) is 6.32. The van der Waals surface area contributed by atoms with Gasteiger partial charge in [0.15, 0.2) is 5.13 Å². The van der Waals surface area contributed by atoms with Gasteiger partial charge in [0.1, 0.15) is 6.04 Å². The normalized spacial score (nSPS) is 18.7. The van der Waals surface area contributed by atoms with E-state index < -0.39 is 6.04 Å². The van der Waals surface area contributed by atoms with Crippen LogP contribution in [0.15, 0.2) is 0 Å². The molecule has 0 aliphatic heterocycles. The Morgan fingerprint density at radius 3 is 2.73 bits per heavy atom. The van der Waals surface area contributed by atoms with E-state index in [0.717, 1.165) is 24.5 Å². The zero-order valence-electron chi connectivity index (χ0n) is 13.7. The largest absolute Gasteiger partial charge is 0.344 e. The lowest BCUT2D eigenvalue weighted by Gasteiger charge is -2.20. The fourth-order valence-electron chi connectivity index (χ4n) is 2.78. The van der Waals surface area contributed by atoms with E-state index in [2.05, 4.69) is 22.5 Å². The molecule has 1 aliphatic carbocycles. The zero-order valence-corrected chi connectivity index (χ0v) is 14.5. The average Bonchev–Trinajstić information content (AvgIpc) is 2.84. The molecule has 2 atom stereocenters. The van der Waals surface area contributed by atoms with Crippen LogP contribution in [0.1, 0.15) is 51.1 Å². The van der Waals surface area contributed by atoms with Gasteiger partial charge in [0.05, 0.1) is 5.69 Å². The molecular formula is C16H25N3O2S. The van der Waals surface area contributed by atoms with Crippen LogP contribution >= 0.6 is 11.3 Å². The van der Waals surface area contributed by atoms with Crippen LogP contribution in [-0.2, 0) is 22.4 Å². The van der Waals surface area contributed by atoms with Gasteiger partial charge in [0.2, 0.25) is 11.8 Å². The SMILES string of the molecule is CCC1CCc2nc(NC(=O)C(NC(C)=O)C(C)C)sc2C1. The molecule has 1 aliphatic rings. The molecule has 0 spiro atoms. The molecule has 2 unspecified atom stereocenters. The molecule has 1 aromatic rings. The highest BCUT2D eigenvalue weighted by Gasteiger charge is 2.26. The zero-order chi connectivity index (χ0) is 16.3. The van der Waals surface area contributed by atoms with E-state index in [1.165, 1.54) is 24.6 Å². The molecule has 0 radical (unpaired) electrons. The maximum Gasteiger partial charge on any atom is 0.248 e. The second-order valence-corrected chi connectivity index (χ2v) is 7.40. The first-order valence-corrected chi connectivity index (χ1v) is 8.78. The molecule has 2 amide bonds. The molecule has 2 rings (SSSR count). The number of carbonyl (C=O) groups excluding carboxylic acids is 2. The number of aryl methyl sites for hydroxylation is 1. The summed E-state index contributed by atoms with van der Waals surface area (Å²) in [5.41, 5.74) is 1.13. The number of rotatable bonds is 5. The van der Waals surface area contributed by atoms with Gasteiger partial charge >= 0.3 is 0 Å². The van der Waals surface area contributed by atoms with Crippen molar-refractivity contribution in [3.63, 3.8) is 0 Å². The number of thiazole rings is 1. The maximum absolute atomic E-state index is 12.4. The molecule has 22 heavy (non-hydrogen) atoms. The van der Waals surface area contributed by atoms with Crippen molar-refractivity contribution in [1.29, 1.82) is 0 Å². The van der Waals surface area contributed by atoms with Gasteiger partial charge in [-0.05, 0) is 31.1 Å². The number of hydrogen-bond acceptors (Lipinski definition) is 4. The predicted octanol–water partition coefficient (Wildman–Crippen LogP) is 2.76. The monoisotopic (exact) mass is 323 g/mol. The van der Waals surface area contributed by atoms with Gasteiger partial charge in [0.25, 0.3) is 0 Å². The third kappa shape index (κ3) is 4.06. The molecule has 0 aromatic carbocycles. The van der Waals surface area contributed by atoms with Crippen LogP contribution in [0.3, 0.4) is 0 Å². The maximum atomic E-state index is 12.4. The highest BCUT2D eigenvalue weighted by atomic mass is 32.1. The number of nitrogens with zero attached hydrogens (tertiary/aromatic N) is 1. The van der Waals surface area contributed by atoms with Crippen molar-refractivity contribution in [3.05, 3.63) is 10.6 Å². The minimum Gasteiger partial charge on any atom is -0.344 e. The fourth-order valence-corrected chi connectivity index (χ4v) is 3.91. The van der Waals surface area contributed by atoms with Crippen LogP contribution < -0.4 is 10.6 Å². The first-order valence-electron chi connectivity index (χ1n) is 7.97. The van der Waals surface area contributed by atoms with E-state index in [-0.39, 0.29) is 17.7 Å². The third-order valence-electron chi connectivity index (χ3n) is 4.16. The molecule has 1 heterocycles. The third-order valence-corrected chi connectivity index (χ3v) is 5.19. The summed E-state index contributed by atoms with van der Waals surface area (Å²) in [6.45, 7) is 7.48. The van der Waals surface area contributed by atoms with Gasteiger partial charge in [-0.15, -0.1) is 11.3 Å². The van der Waals surface area contributed by atoms with E-state index in [9.17, 15) is 9.59 Å². The topological polar surface area (TPSA) is 71.1 Å². The number of anilines is 1. The molecule has 122 valence electrons. The number of nitrogens with one attached hydrogen (secondary N) is 2. The number of aromatic nitrogens is 1. The molecule has 0 fully saturated rings. The van der Waals surface area contributed by atoms with Crippen LogP contribution in [-0.4, -0.2) is 22.8 Å². The van der Waals surface area contributed by atoms with Gasteiger partial charge in [-0.25, -0.2) is 4.98 Å². The van der Waals surface area contributed by atoms with Crippen molar-refractivity contribution in [3.8, 4) is 0 Å². The lowest BCUT2D eigenvalue weighted by Crippen LogP contribution is -2.46. The Kier molecular flexibility index (Phi) is 5.56. The smallest absolute Gasteiger partial charge is 0.248 e.